The van der Waals surface area contributed by atoms with Gasteiger partial charge in [0.05, 0.1) is 19.3 Å². The third kappa shape index (κ3) is 4.92. The van der Waals surface area contributed by atoms with E-state index in [1.165, 1.54) is 12.8 Å². The molecule has 0 radical (unpaired) electrons. The summed E-state index contributed by atoms with van der Waals surface area (Å²) in [6.07, 6.45) is 8.12. The molecule has 4 N–H and O–H groups in total. The van der Waals surface area contributed by atoms with Crippen molar-refractivity contribution < 1.29 is 4.79 Å². The van der Waals surface area contributed by atoms with Crippen molar-refractivity contribution in [2.45, 2.75) is 37.2 Å². The highest BCUT2D eigenvalue weighted by Gasteiger charge is 2.21. The van der Waals surface area contributed by atoms with Gasteiger partial charge in [0.15, 0.2) is 5.82 Å². The van der Waals surface area contributed by atoms with E-state index in [1.54, 1.807) is 18.1 Å². The van der Waals surface area contributed by atoms with Crippen LogP contribution in [0.1, 0.15) is 24.4 Å². The molecule has 0 saturated heterocycles. The van der Waals surface area contributed by atoms with Crippen molar-refractivity contribution in [2.75, 3.05) is 17.2 Å². The summed E-state index contributed by atoms with van der Waals surface area (Å²) in [6.45, 7) is 3.00. The molecule has 5 rings (SSSR count). The van der Waals surface area contributed by atoms with Gasteiger partial charge in [-0.15, -0.1) is 0 Å². The number of hydrogen-bond acceptors (Lipinski definition) is 7. The van der Waals surface area contributed by atoms with Crippen molar-refractivity contribution in [1.29, 1.82) is 0 Å². The SMILES string of the molecule is Cc1cc(NC2=CN(Sc3ccc(NC(=O)CNC4CC4)cc3)Cc3nccn32)n[nH]1. The van der Waals surface area contributed by atoms with Gasteiger partial charge < -0.3 is 20.3 Å². The van der Waals surface area contributed by atoms with Crippen molar-refractivity contribution in [3.8, 4) is 0 Å². The molecule has 2 aromatic heterocycles. The van der Waals surface area contributed by atoms with Gasteiger partial charge in [-0.2, -0.15) is 5.10 Å². The van der Waals surface area contributed by atoms with Gasteiger partial charge in [-0.3, -0.25) is 14.5 Å². The van der Waals surface area contributed by atoms with Crippen LogP contribution >= 0.6 is 11.9 Å². The predicted octanol–water partition coefficient (Wildman–Crippen LogP) is 3.00. The van der Waals surface area contributed by atoms with E-state index in [4.69, 9.17) is 0 Å². The Bertz CT molecular complexity index is 1100. The Hall–Kier alpha value is -3.24. The molecule has 0 spiro atoms. The molecule has 1 amide bonds. The van der Waals surface area contributed by atoms with E-state index in [-0.39, 0.29) is 5.91 Å². The average Bonchev–Trinajstić information content (AvgIpc) is 3.31. The molecular weight excluding hydrogens is 412 g/mol. The van der Waals surface area contributed by atoms with Crippen molar-refractivity contribution in [2.24, 2.45) is 0 Å². The predicted molar refractivity (Wildman–Crippen MR) is 121 cm³/mol. The molecule has 0 unspecified atom stereocenters. The zero-order valence-corrected chi connectivity index (χ0v) is 17.9. The van der Waals surface area contributed by atoms with Crippen molar-refractivity contribution in [1.82, 2.24) is 29.4 Å². The minimum absolute atomic E-state index is 0.0116. The fourth-order valence-electron chi connectivity index (χ4n) is 3.28. The molecule has 3 heterocycles. The van der Waals surface area contributed by atoms with Crippen molar-refractivity contribution in [3.63, 3.8) is 0 Å². The van der Waals surface area contributed by atoms with E-state index >= 15 is 0 Å². The number of H-pyrrole nitrogens is 1. The zero-order chi connectivity index (χ0) is 21.2. The van der Waals surface area contributed by atoms with Gasteiger partial charge in [0, 0.05) is 40.8 Å². The monoisotopic (exact) mass is 436 g/mol. The van der Waals surface area contributed by atoms with Crippen LogP contribution in [0.25, 0.3) is 5.82 Å². The minimum Gasteiger partial charge on any atom is -0.325 e. The Balaban J connectivity index is 1.23. The first-order valence-corrected chi connectivity index (χ1v) is 11.0. The highest BCUT2D eigenvalue weighted by atomic mass is 32.2. The van der Waals surface area contributed by atoms with Crippen LogP contribution in [-0.4, -0.2) is 42.5 Å². The maximum Gasteiger partial charge on any atom is 0.238 e. The number of aryl methyl sites for hydroxylation is 1. The number of nitrogens with zero attached hydrogens (tertiary/aromatic N) is 4. The number of imidazole rings is 1. The highest BCUT2D eigenvalue weighted by molar-refractivity contribution is 7.97. The second-order valence-corrected chi connectivity index (χ2v) is 8.81. The third-order valence-corrected chi connectivity index (χ3v) is 5.94. The first-order valence-electron chi connectivity index (χ1n) is 10.2. The first kappa shape index (κ1) is 19.7. The Morgan fingerprint density at radius 3 is 2.87 bits per heavy atom. The number of rotatable bonds is 8. The van der Waals surface area contributed by atoms with Crippen LogP contribution in [0, 0.1) is 6.92 Å². The Kier molecular flexibility index (Phi) is 5.39. The van der Waals surface area contributed by atoms with Gasteiger partial charge in [-0.25, -0.2) is 4.98 Å². The number of nitrogens with one attached hydrogen (secondary N) is 4. The highest BCUT2D eigenvalue weighted by Crippen LogP contribution is 2.30. The molecule has 2 aliphatic rings. The fraction of sp³-hybridized carbons (Fsp3) is 0.286. The zero-order valence-electron chi connectivity index (χ0n) is 17.1. The van der Waals surface area contributed by atoms with Gasteiger partial charge in [0.2, 0.25) is 5.91 Å². The van der Waals surface area contributed by atoms with Crippen LogP contribution < -0.4 is 16.0 Å². The number of anilines is 2. The minimum atomic E-state index is -0.0116. The molecule has 1 aliphatic heterocycles. The smallest absolute Gasteiger partial charge is 0.238 e. The molecule has 0 atom stereocenters. The molecule has 10 heteroatoms. The van der Waals surface area contributed by atoms with Gasteiger partial charge in [0.25, 0.3) is 0 Å². The summed E-state index contributed by atoms with van der Waals surface area (Å²) >= 11 is 1.61. The van der Waals surface area contributed by atoms with Crippen LogP contribution in [0.15, 0.2) is 53.8 Å². The summed E-state index contributed by atoms with van der Waals surface area (Å²) in [6, 6.07) is 10.3. The maximum atomic E-state index is 12.0. The van der Waals surface area contributed by atoms with Gasteiger partial charge in [0.1, 0.15) is 11.6 Å². The largest absolute Gasteiger partial charge is 0.325 e. The molecule has 1 aromatic carbocycles. The van der Waals surface area contributed by atoms with Gasteiger partial charge >= 0.3 is 0 Å². The second kappa shape index (κ2) is 8.48. The Morgan fingerprint density at radius 2 is 2.13 bits per heavy atom. The maximum absolute atomic E-state index is 12.0. The van der Waals surface area contributed by atoms with Crippen LogP contribution in [-0.2, 0) is 11.3 Å². The lowest BCUT2D eigenvalue weighted by atomic mass is 10.3. The molecule has 1 aliphatic carbocycles. The number of fused-ring (bicyclic) bond motifs is 1. The molecular formula is C21H24N8OS. The third-order valence-electron chi connectivity index (χ3n) is 4.99. The number of hydrogen-bond donors (Lipinski definition) is 4. The number of carbonyl (C=O) groups is 1. The molecule has 160 valence electrons. The summed E-state index contributed by atoms with van der Waals surface area (Å²) in [7, 11) is 0. The van der Waals surface area contributed by atoms with Crippen LogP contribution in [0.5, 0.6) is 0 Å². The van der Waals surface area contributed by atoms with Crippen molar-refractivity contribution >= 4 is 35.2 Å². The molecule has 0 bridgehead atoms. The molecule has 1 fully saturated rings. The van der Waals surface area contributed by atoms with Gasteiger partial charge in [-0.05, 0) is 56.0 Å². The van der Waals surface area contributed by atoms with Gasteiger partial charge in [-0.1, -0.05) is 0 Å². The van der Waals surface area contributed by atoms with Crippen LogP contribution in [0.3, 0.4) is 0 Å². The molecule has 3 aromatic rings. The molecule has 1 saturated carbocycles. The van der Waals surface area contributed by atoms with E-state index in [1.807, 2.05) is 54.2 Å². The van der Waals surface area contributed by atoms with E-state index in [9.17, 15) is 4.79 Å². The quantitative estimate of drug-likeness (QED) is 0.403. The Labute approximate surface area is 184 Å². The second-order valence-electron chi connectivity index (χ2n) is 7.68. The number of amides is 1. The summed E-state index contributed by atoms with van der Waals surface area (Å²) in [5.74, 6) is 2.57. The normalized spacial score (nSPS) is 15.4. The van der Waals surface area contributed by atoms with E-state index in [0.717, 1.165) is 33.7 Å². The van der Waals surface area contributed by atoms with Crippen LogP contribution in [0.4, 0.5) is 11.5 Å². The van der Waals surface area contributed by atoms with Crippen LogP contribution in [0.2, 0.25) is 0 Å². The average molecular weight is 437 g/mol. The standard InChI is InChI=1S/C21H24N8OS/c1-14-10-18(27-26-14)25-20-13-28(12-19-22-8-9-29(19)20)31-17-6-4-16(5-7-17)24-21(30)11-23-15-2-3-15/h4-10,13,15,23H,2-3,11-12H2,1H3,(H,24,30)(H2,25,26,27). The Morgan fingerprint density at radius 1 is 1.29 bits per heavy atom. The van der Waals surface area contributed by atoms with E-state index in [2.05, 4.69) is 35.4 Å². The first-order chi connectivity index (χ1) is 15.1. The fourth-order valence-corrected chi connectivity index (χ4v) is 4.14. The lowest BCUT2D eigenvalue weighted by Gasteiger charge is -2.26. The van der Waals surface area contributed by atoms with E-state index < -0.39 is 0 Å². The number of carbonyl (C=O) groups excluding carboxylic acids is 1. The van der Waals surface area contributed by atoms with Crippen molar-refractivity contribution in [3.05, 3.63) is 60.4 Å². The topological polar surface area (TPSA) is 103 Å². The molecule has 9 nitrogen and oxygen atoms in total. The molecule has 31 heavy (non-hydrogen) atoms. The number of benzene rings is 1. The lowest BCUT2D eigenvalue weighted by molar-refractivity contribution is -0.115. The summed E-state index contributed by atoms with van der Waals surface area (Å²) in [5.41, 5.74) is 1.79. The summed E-state index contributed by atoms with van der Waals surface area (Å²) < 4.78 is 4.15. The summed E-state index contributed by atoms with van der Waals surface area (Å²) in [5, 5.41) is 16.7. The summed E-state index contributed by atoms with van der Waals surface area (Å²) in [4.78, 5) is 17.5. The lowest BCUT2D eigenvalue weighted by Crippen LogP contribution is -2.29. The number of aromatic nitrogens is 4. The number of aromatic amines is 1. The van der Waals surface area contributed by atoms with E-state index in [0.29, 0.717) is 19.1 Å².